The summed E-state index contributed by atoms with van der Waals surface area (Å²) in [5.74, 6) is -2.56. The normalized spacial score (nSPS) is 17.3. The van der Waals surface area contributed by atoms with Gasteiger partial charge in [0.1, 0.15) is 12.4 Å². The molecule has 1 aliphatic heterocycles. The summed E-state index contributed by atoms with van der Waals surface area (Å²) in [5, 5.41) is 0. The van der Waals surface area contributed by atoms with Gasteiger partial charge in [-0.25, -0.2) is 9.18 Å². The highest BCUT2D eigenvalue weighted by Gasteiger charge is 2.37. The van der Waals surface area contributed by atoms with Crippen molar-refractivity contribution in [2.24, 2.45) is 0 Å². The number of ether oxygens (including phenoxy) is 2. The summed E-state index contributed by atoms with van der Waals surface area (Å²) in [4.78, 5) is 38.1. The van der Waals surface area contributed by atoms with Gasteiger partial charge in [0.25, 0.3) is 0 Å². The molecule has 1 aliphatic rings. The van der Waals surface area contributed by atoms with Gasteiger partial charge in [0.2, 0.25) is 5.91 Å². The Balaban J connectivity index is 2.46. The van der Waals surface area contributed by atoms with Crippen molar-refractivity contribution in [2.75, 3.05) is 19.8 Å². The van der Waals surface area contributed by atoms with Gasteiger partial charge in [0.05, 0.1) is 18.8 Å². The number of halogens is 1. The number of hydrogen-bond acceptors (Lipinski definition) is 5. The molecule has 1 aromatic carbocycles. The van der Waals surface area contributed by atoms with Gasteiger partial charge in [0, 0.05) is 18.0 Å². The number of benzene rings is 1. The Labute approximate surface area is 151 Å². The van der Waals surface area contributed by atoms with Crippen molar-refractivity contribution in [2.45, 2.75) is 33.1 Å². The summed E-state index contributed by atoms with van der Waals surface area (Å²) in [6.45, 7) is 5.00. The van der Waals surface area contributed by atoms with Gasteiger partial charge in [-0.15, -0.1) is 0 Å². The Kier molecular flexibility index (Phi) is 6.49. The number of esters is 2. The minimum atomic E-state index is -0.629. The lowest BCUT2D eigenvalue weighted by Gasteiger charge is -2.33. The first-order valence-electron chi connectivity index (χ1n) is 8.48. The second-order valence-corrected chi connectivity index (χ2v) is 5.82. The highest BCUT2D eigenvalue weighted by molar-refractivity contribution is 5.96. The van der Waals surface area contributed by atoms with E-state index < -0.39 is 23.7 Å². The Morgan fingerprint density at radius 3 is 2.54 bits per heavy atom. The monoisotopic (exact) mass is 363 g/mol. The fourth-order valence-corrected chi connectivity index (χ4v) is 3.02. The second kappa shape index (κ2) is 8.60. The van der Waals surface area contributed by atoms with E-state index in [0.29, 0.717) is 11.3 Å². The molecule has 1 aromatic rings. The summed E-state index contributed by atoms with van der Waals surface area (Å²) >= 11 is 0. The van der Waals surface area contributed by atoms with Crippen LogP contribution in [0.25, 0.3) is 0 Å². The van der Waals surface area contributed by atoms with Crippen LogP contribution in [0.4, 0.5) is 4.39 Å². The second-order valence-electron chi connectivity index (χ2n) is 5.82. The maximum atomic E-state index is 13.6. The van der Waals surface area contributed by atoms with Crippen LogP contribution in [0.5, 0.6) is 0 Å². The molecule has 0 N–H and O–H groups in total. The third-order valence-corrected chi connectivity index (χ3v) is 4.16. The number of nitrogens with zero attached hydrogens (tertiary/aromatic N) is 1. The van der Waals surface area contributed by atoms with Gasteiger partial charge in [0.15, 0.2) is 0 Å². The number of rotatable bonds is 6. The molecule has 0 fully saturated rings. The summed E-state index contributed by atoms with van der Waals surface area (Å²) in [6.07, 6.45) is -0.0612. The molecule has 0 saturated heterocycles. The maximum Gasteiger partial charge on any atom is 0.336 e. The molecule has 0 radical (unpaired) electrons. The molecule has 7 heteroatoms. The van der Waals surface area contributed by atoms with E-state index in [0.717, 1.165) is 0 Å². The van der Waals surface area contributed by atoms with Crippen molar-refractivity contribution >= 4 is 17.8 Å². The van der Waals surface area contributed by atoms with Crippen molar-refractivity contribution in [1.29, 1.82) is 0 Å². The summed E-state index contributed by atoms with van der Waals surface area (Å²) in [5.41, 5.74) is 1.08. The van der Waals surface area contributed by atoms with Crippen molar-refractivity contribution in [3.05, 3.63) is 46.9 Å². The fourth-order valence-electron chi connectivity index (χ4n) is 3.02. The highest BCUT2D eigenvalue weighted by Crippen LogP contribution is 2.37. The minimum absolute atomic E-state index is 0.0612. The third-order valence-electron chi connectivity index (χ3n) is 4.16. The van der Waals surface area contributed by atoms with Crippen LogP contribution in [-0.4, -0.2) is 42.5 Å². The fraction of sp³-hybridized carbons (Fsp3) is 0.421. The molecule has 0 aromatic heterocycles. The van der Waals surface area contributed by atoms with E-state index in [9.17, 15) is 18.8 Å². The zero-order valence-electron chi connectivity index (χ0n) is 15.1. The lowest BCUT2D eigenvalue weighted by atomic mass is 9.83. The molecule has 1 atom stereocenters. The largest absolute Gasteiger partial charge is 0.465 e. The summed E-state index contributed by atoms with van der Waals surface area (Å²) < 4.78 is 23.7. The van der Waals surface area contributed by atoms with E-state index in [2.05, 4.69) is 0 Å². The first-order valence-corrected chi connectivity index (χ1v) is 8.48. The zero-order valence-corrected chi connectivity index (χ0v) is 15.1. The zero-order chi connectivity index (χ0) is 19.3. The number of carbonyl (C=O) groups excluding carboxylic acids is 3. The van der Waals surface area contributed by atoms with E-state index in [1.165, 1.54) is 23.1 Å². The number of amides is 1. The van der Waals surface area contributed by atoms with Crippen LogP contribution < -0.4 is 0 Å². The quantitative estimate of drug-likeness (QED) is 0.726. The SMILES string of the molecule is CCOC(=O)CN1C(=O)CC(c2cccc(F)c2)C(C(=O)OCC)=C1C. The lowest BCUT2D eigenvalue weighted by molar-refractivity contribution is -0.149. The topological polar surface area (TPSA) is 72.9 Å². The van der Waals surface area contributed by atoms with Crippen molar-refractivity contribution in [1.82, 2.24) is 4.90 Å². The Bertz CT molecular complexity index is 743. The van der Waals surface area contributed by atoms with Crippen molar-refractivity contribution in [3.8, 4) is 0 Å². The molecular formula is C19H22FNO5. The molecule has 0 saturated carbocycles. The molecule has 0 spiro atoms. The molecule has 1 amide bonds. The molecule has 2 rings (SSSR count). The van der Waals surface area contributed by atoms with Crippen LogP contribution in [-0.2, 0) is 23.9 Å². The Hall–Kier alpha value is -2.70. The van der Waals surface area contributed by atoms with Crippen LogP contribution >= 0.6 is 0 Å². The van der Waals surface area contributed by atoms with E-state index >= 15 is 0 Å². The molecular weight excluding hydrogens is 341 g/mol. The molecule has 26 heavy (non-hydrogen) atoms. The molecule has 1 unspecified atom stereocenters. The van der Waals surface area contributed by atoms with Crippen molar-refractivity contribution in [3.63, 3.8) is 0 Å². The highest BCUT2D eigenvalue weighted by atomic mass is 19.1. The van der Waals surface area contributed by atoms with Gasteiger partial charge < -0.3 is 14.4 Å². The molecule has 0 bridgehead atoms. The smallest absolute Gasteiger partial charge is 0.336 e. The van der Waals surface area contributed by atoms with Crippen molar-refractivity contribution < 1.29 is 28.2 Å². The van der Waals surface area contributed by atoms with E-state index in [-0.39, 0.29) is 37.7 Å². The van der Waals surface area contributed by atoms with Crippen LogP contribution in [0.15, 0.2) is 35.5 Å². The predicted molar refractivity (Wildman–Crippen MR) is 91.4 cm³/mol. The van der Waals surface area contributed by atoms with Gasteiger partial charge in [-0.05, 0) is 38.5 Å². The summed E-state index contributed by atoms with van der Waals surface area (Å²) in [6, 6.07) is 5.78. The van der Waals surface area contributed by atoms with E-state index in [1.54, 1.807) is 26.8 Å². The van der Waals surface area contributed by atoms with Crippen LogP contribution in [0, 0.1) is 5.82 Å². The van der Waals surface area contributed by atoms with Crippen LogP contribution in [0.1, 0.15) is 38.7 Å². The molecule has 1 heterocycles. The summed E-state index contributed by atoms with van der Waals surface area (Å²) in [7, 11) is 0. The molecule has 140 valence electrons. The van der Waals surface area contributed by atoms with Gasteiger partial charge in [-0.3, -0.25) is 9.59 Å². The average molecular weight is 363 g/mol. The first kappa shape index (κ1) is 19.6. The molecule has 0 aliphatic carbocycles. The first-order chi connectivity index (χ1) is 12.4. The van der Waals surface area contributed by atoms with Crippen LogP contribution in [0.2, 0.25) is 0 Å². The number of carbonyl (C=O) groups is 3. The van der Waals surface area contributed by atoms with E-state index in [1.807, 2.05) is 0 Å². The Morgan fingerprint density at radius 1 is 1.23 bits per heavy atom. The van der Waals surface area contributed by atoms with Gasteiger partial charge in [-0.2, -0.15) is 0 Å². The van der Waals surface area contributed by atoms with E-state index in [4.69, 9.17) is 9.47 Å². The minimum Gasteiger partial charge on any atom is -0.465 e. The third kappa shape index (κ3) is 4.28. The van der Waals surface area contributed by atoms with Gasteiger partial charge >= 0.3 is 11.9 Å². The van der Waals surface area contributed by atoms with Gasteiger partial charge in [-0.1, -0.05) is 12.1 Å². The Morgan fingerprint density at radius 2 is 1.92 bits per heavy atom. The maximum absolute atomic E-state index is 13.6. The lowest BCUT2D eigenvalue weighted by Crippen LogP contribution is -2.41. The number of allylic oxidation sites excluding steroid dienone is 1. The average Bonchev–Trinajstić information content (AvgIpc) is 2.58. The standard InChI is InChI=1S/C19H22FNO5/c1-4-25-17(23)11-21-12(3)18(19(24)26-5-2)15(10-16(21)22)13-7-6-8-14(20)9-13/h6-9,15H,4-5,10-11H2,1-3H3. The predicted octanol–water partition coefficient (Wildman–Crippen LogP) is 2.54. The number of hydrogen-bond donors (Lipinski definition) is 0. The molecule has 6 nitrogen and oxygen atoms in total. The van der Waals surface area contributed by atoms with Crippen LogP contribution in [0.3, 0.4) is 0 Å².